The number of amides is 2. The van der Waals surface area contributed by atoms with Gasteiger partial charge in [-0.25, -0.2) is 4.79 Å². The molecule has 1 aromatic heterocycles. The zero-order chi connectivity index (χ0) is 19.2. The van der Waals surface area contributed by atoms with Crippen LogP contribution in [0.4, 0.5) is 5.69 Å². The molecule has 0 spiro atoms. The largest absolute Gasteiger partial charge is 0.462 e. The summed E-state index contributed by atoms with van der Waals surface area (Å²) in [5.74, 6) is -0.608. The van der Waals surface area contributed by atoms with Crippen LogP contribution in [0, 0.1) is 5.92 Å². The third-order valence-electron chi connectivity index (χ3n) is 4.53. The van der Waals surface area contributed by atoms with Gasteiger partial charge in [0, 0.05) is 24.7 Å². The first-order valence-electron chi connectivity index (χ1n) is 8.99. The van der Waals surface area contributed by atoms with E-state index in [2.05, 4.69) is 5.32 Å². The number of rotatable bonds is 5. The van der Waals surface area contributed by atoms with Crippen LogP contribution in [-0.2, 0) is 9.53 Å². The summed E-state index contributed by atoms with van der Waals surface area (Å²) < 4.78 is 4.98. The standard InChI is InChI=1S/C20H22N2O4S/c1-2-26-20(25)15-5-3-6-16(13-15)21-18(23)14-8-10-22(11-9-14)19(24)17-7-4-12-27-17/h3-7,12-14H,2,8-11H2,1H3,(H,21,23). The Morgan fingerprint density at radius 1 is 1.19 bits per heavy atom. The molecule has 0 atom stereocenters. The highest BCUT2D eigenvalue weighted by atomic mass is 32.1. The molecule has 2 aromatic rings. The first kappa shape index (κ1) is 19.1. The van der Waals surface area contributed by atoms with E-state index in [0.29, 0.717) is 43.8 Å². The molecule has 142 valence electrons. The van der Waals surface area contributed by atoms with Crippen LogP contribution in [0.15, 0.2) is 41.8 Å². The molecule has 7 heteroatoms. The lowest BCUT2D eigenvalue weighted by atomic mass is 9.95. The Labute approximate surface area is 162 Å². The van der Waals surface area contributed by atoms with E-state index in [4.69, 9.17) is 4.74 Å². The Morgan fingerprint density at radius 3 is 2.63 bits per heavy atom. The number of ether oxygens (including phenoxy) is 1. The highest BCUT2D eigenvalue weighted by Crippen LogP contribution is 2.22. The molecule has 27 heavy (non-hydrogen) atoms. The molecular formula is C20H22N2O4S. The van der Waals surface area contributed by atoms with E-state index in [9.17, 15) is 14.4 Å². The van der Waals surface area contributed by atoms with Crippen molar-refractivity contribution in [3.8, 4) is 0 Å². The van der Waals surface area contributed by atoms with Crippen molar-refractivity contribution < 1.29 is 19.1 Å². The first-order valence-corrected chi connectivity index (χ1v) is 9.87. The number of carbonyl (C=O) groups is 3. The minimum absolute atomic E-state index is 0.0333. The van der Waals surface area contributed by atoms with Crippen LogP contribution in [0.25, 0.3) is 0 Å². The molecule has 0 unspecified atom stereocenters. The molecule has 0 saturated carbocycles. The SMILES string of the molecule is CCOC(=O)c1cccc(NC(=O)C2CCN(C(=O)c3cccs3)CC2)c1. The van der Waals surface area contributed by atoms with Gasteiger partial charge >= 0.3 is 5.97 Å². The highest BCUT2D eigenvalue weighted by Gasteiger charge is 2.28. The maximum absolute atomic E-state index is 12.6. The fraction of sp³-hybridized carbons (Fsp3) is 0.350. The number of piperidine rings is 1. The quantitative estimate of drug-likeness (QED) is 0.799. The number of thiophene rings is 1. The smallest absolute Gasteiger partial charge is 0.338 e. The van der Waals surface area contributed by atoms with E-state index in [-0.39, 0.29) is 17.7 Å². The van der Waals surface area contributed by atoms with E-state index in [1.165, 1.54) is 11.3 Å². The average Bonchev–Trinajstić information content (AvgIpc) is 3.23. The molecule has 1 saturated heterocycles. The second-order valence-electron chi connectivity index (χ2n) is 6.33. The van der Waals surface area contributed by atoms with Crippen molar-refractivity contribution in [1.29, 1.82) is 0 Å². The zero-order valence-electron chi connectivity index (χ0n) is 15.1. The van der Waals surface area contributed by atoms with E-state index in [0.717, 1.165) is 4.88 Å². The number of likely N-dealkylation sites (tertiary alicyclic amines) is 1. The summed E-state index contributed by atoms with van der Waals surface area (Å²) in [7, 11) is 0. The van der Waals surface area contributed by atoms with Gasteiger partial charge < -0.3 is 15.0 Å². The van der Waals surface area contributed by atoms with Crippen LogP contribution in [0.3, 0.4) is 0 Å². The fourth-order valence-corrected chi connectivity index (χ4v) is 3.77. The van der Waals surface area contributed by atoms with E-state index in [1.54, 1.807) is 36.1 Å². The summed E-state index contributed by atoms with van der Waals surface area (Å²) in [5.41, 5.74) is 0.980. The molecule has 1 aliphatic heterocycles. The van der Waals surface area contributed by atoms with Crippen molar-refractivity contribution in [3.05, 3.63) is 52.2 Å². The summed E-state index contributed by atoms with van der Waals surface area (Å²) in [6, 6.07) is 10.4. The maximum Gasteiger partial charge on any atom is 0.338 e. The van der Waals surface area contributed by atoms with Gasteiger partial charge in [0.05, 0.1) is 17.0 Å². The van der Waals surface area contributed by atoms with Crippen molar-refractivity contribution >= 4 is 34.8 Å². The normalized spacial score (nSPS) is 14.6. The van der Waals surface area contributed by atoms with Gasteiger partial charge in [-0.3, -0.25) is 9.59 Å². The summed E-state index contributed by atoms with van der Waals surface area (Å²) in [6.45, 7) is 3.19. The molecule has 0 bridgehead atoms. The highest BCUT2D eigenvalue weighted by molar-refractivity contribution is 7.12. The molecule has 0 radical (unpaired) electrons. The van der Waals surface area contributed by atoms with E-state index in [1.807, 2.05) is 17.5 Å². The monoisotopic (exact) mass is 386 g/mol. The third kappa shape index (κ3) is 4.74. The Balaban J connectivity index is 1.55. The van der Waals surface area contributed by atoms with Crippen LogP contribution < -0.4 is 5.32 Å². The third-order valence-corrected chi connectivity index (χ3v) is 5.38. The van der Waals surface area contributed by atoms with Crippen LogP contribution in [0.1, 0.15) is 39.8 Å². The summed E-state index contributed by atoms with van der Waals surface area (Å²) in [6.07, 6.45) is 1.25. The summed E-state index contributed by atoms with van der Waals surface area (Å²) in [5, 5.41) is 4.76. The van der Waals surface area contributed by atoms with Crippen molar-refractivity contribution in [1.82, 2.24) is 4.90 Å². The van der Waals surface area contributed by atoms with Gasteiger partial charge in [0.25, 0.3) is 5.91 Å². The van der Waals surface area contributed by atoms with Crippen molar-refractivity contribution in [2.75, 3.05) is 25.0 Å². The molecule has 3 rings (SSSR count). The molecule has 1 aliphatic rings. The van der Waals surface area contributed by atoms with Crippen LogP contribution in [0.5, 0.6) is 0 Å². The van der Waals surface area contributed by atoms with Gasteiger partial charge in [0.2, 0.25) is 5.91 Å². The van der Waals surface area contributed by atoms with Gasteiger partial charge in [0.1, 0.15) is 0 Å². The Kier molecular flexibility index (Phi) is 6.24. The summed E-state index contributed by atoms with van der Waals surface area (Å²) >= 11 is 1.43. The Bertz CT molecular complexity index is 811. The minimum Gasteiger partial charge on any atom is -0.462 e. The van der Waals surface area contributed by atoms with Gasteiger partial charge in [0.15, 0.2) is 0 Å². The molecule has 6 nitrogen and oxygen atoms in total. The summed E-state index contributed by atoms with van der Waals surface area (Å²) in [4.78, 5) is 39.3. The number of esters is 1. The Hall–Kier alpha value is -2.67. The number of hydrogen-bond donors (Lipinski definition) is 1. The topological polar surface area (TPSA) is 75.7 Å². The predicted molar refractivity (Wildman–Crippen MR) is 104 cm³/mol. The van der Waals surface area contributed by atoms with Crippen molar-refractivity contribution in [2.24, 2.45) is 5.92 Å². The molecule has 1 aromatic carbocycles. The number of anilines is 1. The molecule has 0 aliphatic carbocycles. The first-order chi connectivity index (χ1) is 13.1. The number of nitrogens with zero attached hydrogens (tertiary/aromatic N) is 1. The molecular weight excluding hydrogens is 364 g/mol. The second-order valence-corrected chi connectivity index (χ2v) is 7.28. The number of nitrogens with one attached hydrogen (secondary N) is 1. The maximum atomic E-state index is 12.6. The van der Waals surface area contributed by atoms with E-state index < -0.39 is 5.97 Å². The van der Waals surface area contributed by atoms with Gasteiger partial charge in [-0.2, -0.15) is 0 Å². The van der Waals surface area contributed by atoms with Crippen molar-refractivity contribution in [2.45, 2.75) is 19.8 Å². The Morgan fingerprint density at radius 2 is 1.96 bits per heavy atom. The fourth-order valence-electron chi connectivity index (χ4n) is 3.08. The van der Waals surface area contributed by atoms with Crippen LogP contribution >= 0.6 is 11.3 Å². The predicted octanol–water partition coefficient (Wildman–Crippen LogP) is 3.42. The lowest BCUT2D eigenvalue weighted by molar-refractivity contribution is -0.121. The number of carbonyl (C=O) groups excluding carboxylic acids is 3. The van der Waals surface area contributed by atoms with Crippen LogP contribution in [0.2, 0.25) is 0 Å². The lowest BCUT2D eigenvalue weighted by Gasteiger charge is -2.31. The van der Waals surface area contributed by atoms with Crippen LogP contribution in [-0.4, -0.2) is 42.4 Å². The van der Waals surface area contributed by atoms with Crippen molar-refractivity contribution in [3.63, 3.8) is 0 Å². The number of benzene rings is 1. The second kappa shape index (κ2) is 8.81. The zero-order valence-corrected chi connectivity index (χ0v) is 16.0. The molecule has 1 fully saturated rings. The molecule has 2 heterocycles. The number of hydrogen-bond acceptors (Lipinski definition) is 5. The van der Waals surface area contributed by atoms with Gasteiger partial charge in [-0.05, 0) is 49.4 Å². The minimum atomic E-state index is -0.408. The van der Waals surface area contributed by atoms with E-state index >= 15 is 0 Å². The average molecular weight is 386 g/mol. The molecule has 1 N–H and O–H groups in total. The lowest BCUT2D eigenvalue weighted by Crippen LogP contribution is -2.41. The van der Waals surface area contributed by atoms with Gasteiger partial charge in [-0.15, -0.1) is 11.3 Å². The molecule has 2 amide bonds. The van der Waals surface area contributed by atoms with Gasteiger partial charge in [-0.1, -0.05) is 12.1 Å².